The van der Waals surface area contributed by atoms with Crippen molar-refractivity contribution in [2.75, 3.05) is 11.9 Å². The number of pyridine rings is 1. The Kier molecular flexibility index (Phi) is 5.92. The second kappa shape index (κ2) is 7.46. The Bertz CT molecular complexity index is 406. The van der Waals surface area contributed by atoms with Crippen molar-refractivity contribution in [1.82, 2.24) is 10.3 Å². The van der Waals surface area contributed by atoms with Gasteiger partial charge in [-0.3, -0.25) is 0 Å². The van der Waals surface area contributed by atoms with E-state index in [4.69, 9.17) is 11.6 Å². The number of halogens is 2. The first-order chi connectivity index (χ1) is 9.15. The topological polar surface area (TPSA) is 37.0 Å². The van der Waals surface area contributed by atoms with Crippen LogP contribution in [0.1, 0.15) is 39.0 Å². The van der Waals surface area contributed by atoms with E-state index in [1.54, 1.807) is 6.20 Å². The second-order valence-electron chi connectivity index (χ2n) is 5.27. The van der Waals surface area contributed by atoms with E-state index in [-0.39, 0.29) is 0 Å². The normalized spacial score (nSPS) is 21.7. The van der Waals surface area contributed by atoms with Gasteiger partial charge in [-0.25, -0.2) is 4.98 Å². The first-order valence-electron chi connectivity index (χ1n) is 6.96. The molecule has 0 aromatic carbocycles. The predicted molar refractivity (Wildman–Crippen MR) is 84.9 cm³/mol. The molecule has 0 spiro atoms. The minimum atomic E-state index is 0.379. The molecule has 0 aliphatic carbocycles. The number of nitrogens with zero attached hydrogens (tertiary/aromatic N) is 1. The highest BCUT2D eigenvalue weighted by molar-refractivity contribution is 9.10. The van der Waals surface area contributed by atoms with Crippen LogP contribution < -0.4 is 10.6 Å². The molecular weight excluding hydrogens is 326 g/mol. The van der Waals surface area contributed by atoms with Gasteiger partial charge in [0.25, 0.3) is 0 Å². The molecule has 2 heterocycles. The lowest BCUT2D eigenvalue weighted by Crippen LogP contribution is -2.33. The van der Waals surface area contributed by atoms with Gasteiger partial charge in [0.1, 0.15) is 0 Å². The lowest BCUT2D eigenvalue weighted by Gasteiger charge is -2.22. The van der Waals surface area contributed by atoms with Crippen LogP contribution in [0.25, 0.3) is 0 Å². The molecule has 1 aromatic rings. The Balaban J connectivity index is 1.89. The van der Waals surface area contributed by atoms with Crippen LogP contribution in [0.3, 0.4) is 0 Å². The zero-order chi connectivity index (χ0) is 13.7. The van der Waals surface area contributed by atoms with Gasteiger partial charge in [0, 0.05) is 22.8 Å². The second-order valence-corrected chi connectivity index (χ2v) is 6.55. The molecule has 5 heteroatoms. The van der Waals surface area contributed by atoms with Crippen LogP contribution in [0.15, 0.2) is 16.7 Å². The van der Waals surface area contributed by atoms with Gasteiger partial charge in [0.2, 0.25) is 0 Å². The molecule has 106 valence electrons. The minimum Gasteiger partial charge on any atom is -0.380 e. The molecule has 0 saturated carbocycles. The Morgan fingerprint density at radius 1 is 1.53 bits per heavy atom. The van der Waals surface area contributed by atoms with E-state index in [2.05, 4.69) is 38.5 Å². The molecule has 0 bridgehead atoms. The summed E-state index contributed by atoms with van der Waals surface area (Å²) in [4.78, 5) is 4.13. The number of rotatable bonds is 4. The molecule has 1 aliphatic rings. The summed E-state index contributed by atoms with van der Waals surface area (Å²) in [6.07, 6.45) is 8.10. The molecule has 1 aromatic heterocycles. The third kappa shape index (κ3) is 4.93. The van der Waals surface area contributed by atoms with E-state index in [0.29, 0.717) is 17.2 Å². The van der Waals surface area contributed by atoms with Crippen LogP contribution in [0.4, 0.5) is 5.69 Å². The van der Waals surface area contributed by atoms with Gasteiger partial charge in [0.05, 0.1) is 5.69 Å². The highest BCUT2D eigenvalue weighted by Crippen LogP contribution is 2.24. The van der Waals surface area contributed by atoms with Crippen molar-refractivity contribution in [3.8, 4) is 0 Å². The van der Waals surface area contributed by atoms with Gasteiger partial charge in [-0.2, -0.15) is 0 Å². The van der Waals surface area contributed by atoms with Gasteiger partial charge in [-0.05, 0) is 54.7 Å². The Hall–Kier alpha value is -0.320. The average molecular weight is 347 g/mol. The van der Waals surface area contributed by atoms with Crippen molar-refractivity contribution < 1.29 is 0 Å². The molecule has 2 atom stereocenters. The maximum absolute atomic E-state index is 6.10. The Morgan fingerprint density at radius 3 is 3.21 bits per heavy atom. The van der Waals surface area contributed by atoms with Crippen LogP contribution in [-0.4, -0.2) is 23.6 Å². The Morgan fingerprint density at radius 2 is 2.37 bits per heavy atom. The van der Waals surface area contributed by atoms with Gasteiger partial charge in [-0.15, -0.1) is 0 Å². The molecule has 1 fully saturated rings. The zero-order valence-corrected chi connectivity index (χ0v) is 13.6. The van der Waals surface area contributed by atoms with Gasteiger partial charge in [0.15, 0.2) is 5.15 Å². The maximum Gasteiger partial charge on any atom is 0.152 e. The summed E-state index contributed by atoms with van der Waals surface area (Å²) in [7, 11) is 0. The van der Waals surface area contributed by atoms with Crippen LogP contribution in [0.5, 0.6) is 0 Å². The van der Waals surface area contributed by atoms with E-state index < -0.39 is 0 Å². The fourth-order valence-electron chi connectivity index (χ4n) is 2.58. The molecule has 1 aliphatic heterocycles. The number of nitrogens with one attached hydrogen (secondary N) is 2. The van der Waals surface area contributed by atoms with E-state index in [1.165, 1.54) is 25.7 Å². The third-order valence-corrected chi connectivity index (χ3v) is 4.24. The van der Waals surface area contributed by atoms with Crippen LogP contribution in [0, 0.1) is 0 Å². The fourth-order valence-corrected chi connectivity index (χ4v) is 3.07. The van der Waals surface area contributed by atoms with E-state index >= 15 is 0 Å². The summed E-state index contributed by atoms with van der Waals surface area (Å²) in [5, 5.41) is 7.61. The quantitative estimate of drug-likeness (QED) is 0.801. The standard InChI is InChI=1S/C14H21BrClN3/c1-10(7-12-5-3-2-4-6-17-12)19-13-8-11(15)9-18-14(13)16/h8-10,12,17,19H,2-7H2,1H3. The van der Waals surface area contributed by atoms with Crippen LogP contribution >= 0.6 is 27.5 Å². The van der Waals surface area contributed by atoms with Crippen LogP contribution in [0.2, 0.25) is 5.15 Å². The van der Waals surface area contributed by atoms with Crippen molar-refractivity contribution in [3.05, 3.63) is 21.9 Å². The molecule has 19 heavy (non-hydrogen) atoms. The molecule has 0 amide bonds. The zero-order valence-electron chi connectivity index (χ0n) is 11.3. The summed E-state index contributed by atoms with van der Waals surface area (Å²) in [5.41, 5.74) is 0.900. The monoisotopic (exact) mass is 345 g/mol. The molecule has 1 saturated heterocycles. The third-order valence-electron chi connectivity index (χ3n) is 3.51. The van der Waals surface area contributed by atoms with E-state index in [9.17, 15) is 0 Å². The molecular formula is C14H21BrClN3. The number of hydrogen-bond acceptors (Lipinski definition) is 3. The molecule has 0 radical (unpaired) electrons. The van der Waals surface area contributed by atoms with Crippen molar-refractivity contribution in [2.45, 2.75) is 51.1 Å². The average Bonchev–Trinajstić information content (AvgIpc) is 2.62. The summed E-state index contributed by atoms with van der Waals surface area (Å²) < 4.78 is 0.944. The smallest absolute Gasteiger partial charge is 0.152 e. The summed E-state index contributed by atoms with van der Waals surface area (Å²) in [5.74, 6) is 0. The number of aromatic nitrogens is 1. The van der Waals surface area contributed by atoms with Gasteiger partial charge >= 0.3 is 0 Å². The van der Waals surface area contributed by atoms with Gasteiger partial charge in [-0.1, -0.05) is 24.4 Å². The Labute approximate surface area is 128 Å². The van der Waals surface area contributed by atoms with Crippen molar-refractivity contribution >= 4 is 33.2 Å². The summed E-state index contributed by atoms with van der Waals surface area (Å²) in [6.45, 7) is 3.35. The highest BCUT2D eigenvalue weighted by Gasteiger charge is 2.15. The number of hydrogen-bond donors (Lipinski definition) is 2. The minimum absolute atomic E-state index is 0.379. The first kappa shape index (κ1) is 15.1. The molecule has 2 unspecified atom stereocenters. The predicted octanol–water partition coefficient (Wildman–Crippen LogP) is 4.22. The van der Waals surface area contributed by atoms with Gasteiger partial charge < -0.3 is 10.6 Å². The summed E-state index contributed by atoms with van der Waals surface area (Å²) >= 11 is 9.52. The molecule has 2 rings (SSSR count). The van der Waals surface area contributed by atoms with E-state index in [0.717, 1.165) is 23.1 Å². The lowest BCUT2D eigenvalue weighted by atomic mass is 10.0. The first-order valence-corrected chi connectivity index (χ1v) is 8.13. The largest absolute Gasteiger partial charge is 0.380 e. The fraction of sp³-hybridized carbons (Fsp3) is 0.643. The number of anilines is 1. The molecule has 3 nitrogen and oxygen atoms in total. The van der Waals surface area contributed by atoms with Crippen molar-refractivity contribution in [3.63, 3.8) is 0 Å². The summed E-state index contributed by atoms with van der Waals surface area (Å²) in [6, 6.07) is 2.97. The molecule has 2 N–H and O–H groups in total. The van der Waals surface area contributed by atoms with Crippen molar-refractivity contribution in [2.24, 2.45) is 0 Å². The SMILES string of the molecule is CC(CC1CCCCCN1)Nc1cc(Br)cnc1Cl. The van der Waals surface area contributed by atoms with Crippen LogP contribution in [-0.2, 0) is 0 Å². The highest BCUT2D eigenvalue weighted by atomic mass is 79.9. The van der Waals surface area contributed by atoms with E-state index in [1.807, 2.05) is 6.07 Å². The maximum atomic E-state index is 6.10. The lowest BCUT2D eigenvalue weighted by molar-refractivity contribution is 0.456. The van der Waals surface area contributed by atoms with Crippen molar-refractivity contribution in [1.29, 1.82) is 0 Å².